The van der Waals surface area contributed by atoms with Gasteiger partial charge in [-0.25, -0.2) is 4.98 Å². The first-order valence-electron chi connectivity index (χ1n) is 4.92. The minimum Gasteiger partial charge on any atom is -0.344 e. The van der Waals surface area contributed by atoms with Crippen molar-refractivity contribution in [2.45, 2.75) is 19.9 Å². The molecular weight excluding hydrogens is 188 g/mol. The number of hydrogen-bond acceptors (Lipinski definition) is 3. The fourth-order valence-electron chi connectivity index (χ4n) is 1.45. The molecule has 0 aliphatic carbocycles. The van der Waals surface area contributed by atoms with Gasteiger partial charge in [0.05, 0.1) is 11.7 Å². The molecule has 0 fully saturated rings. The van der Waals surface area contributed by atoms with Crippen LogP contribution in [0.2, 0.25) is 0 Å². The van der Waals surface area contributed by atoms with Crippen molar-refractivity contribution >= 4 is 0 Å². The lowest BCUT2D eigenvalue weighted by molar-refractivity contribution is 0.754. The highest BCUT2D eigenvalue weighted by atomic mass is 15.0. The number of nitrogens with one attached hydrogen (secondary N) is 1. The van der Waals surface area contributed by atoms with Crippen LogP contribution in [0.25, 0.3) is 11.4 Å². The Labute approximate surface area is 88.6 Å². The Hall–Kier alpha value is -1.68. The summed E-state index contributed by atoms with van der Waals surface area (Å²) in [6.45, 7) is 3.88. The van der Waals surface area contributed by atoms with Crippen LogP contribution in [0.5, 0.6) is 0 Å². The highest BCUT2D eigenvalue weighted by Crippen LogP contribution is 2.20. The number of nitrogens with zero attached hydrogens (tertiary/aromatic N) is 2. The molecule has 1 unspecified atom stereocenters. The number of aryl methyl sites for hydroxylation is 1. The second-order valence-corrected chi connectivity index (χ2v) is 3.60. The smallest absolute Gasteiger partial charge is 0.123 e. The monoisotopic (exact) mass is 202 g/mol. The van der Waals surface area contributed by atoms with E-state index in [2.05, 4.69) is 15.0 Å². The van der Waals surface area contributed by atoms with Gasteiger partial charge in [0.25, 0.3) is 0 Å². The van der Waals surface area contributed by atoms with E-state index in [4.69, 9.17) is 5.73 Å². The van der Waals surface area contributed by atoms with Crippen LogP contribution in [-0.2, 0) is 0 Å². The normalized spacial score (nSPS) is 12.7. The summed E-state index contributed by atoms with van der Waals surface area (Å²) in [5, 5.41) is 0. The number of imidazole rings is 1. The van der Waals surface area contributed by atoms with Gasteiger partial charge in [-0.2, -0.15) is 0 Å². The third kappa shape index (κ3) is 1.89. The van der Waals surface area contributed by atoms with Crippen LogP contribution in [0, 0.1) is 6.92 Å². The van der Waals surface area contributed by atoms with E-state index in [0.717, 1.165) is 22.9 Å². The summed E-state index contributed by atoms with van der Waals surface area (Å²) >= 11 is 0. The van der Waals surface area contributed by atoms with Crippen LogP contribution in [0.3, 0.4) is 0 Å². The van der Waals surface area contributed by atoms with Gasteiger partial charge in [0.15, 0.2) is 0 Å². The molecule has 0 aliphatic heterocycles. The van der Waals surface area contributed by atoms with Crippen LogP contribution >= 0.6 is 0 Å². The van der Waals surface area contributed by atoms with Crippen molar-refractivity contribution in [3.8, 4) is 11.4 Å². The molecule has 0 saturated carbocycles. The summed E-state index contributed by atoms with van der Waals surface area (Å²) < 4.78 is 0. The summed E-state index contributed by atoms with van der Waals surface area (Å²) in [7, 11) is 0. The molecule has 0 saturated heterocycles. The van der Waals surface area contributed by atoms with Gasteiger partial charge in [-0.1, -0.05) is 6.07 Å². The summed E-state index contributed by atoms with van der Waals surface area (Å²) in [5.74, 6) is 0.799. The van der Waals surface area contributed by atoms with Crippen molar-refractivity contribution < 1.29 is 0 Å². The van der Waals surface area contributed by atoms with Crippen LogP contribution in [0.15, 0.2) is 24.4 Å². The highest BCUT2D eigenvalue weighted by molar-refractivity contribution is 5.56. The molecule has 2 aromatic rings. The number of aromatic amines is 1. The van der Waals surface area contributed by atoms with Crippen molar-refractivity contribution in [1.29, 1.82) is 0 Å². The molecule has 0 aliphatic rings. The van der Waals surface area contributed by atoms with E-state index in [0.29, 0.717) is 0 Å². The van der Waals surface area contributed by atoms with Gasteiger partial charge in [-0.15, -0.1) is 0 Å². The first kappa shape index (κ1) is 9.86. The maximum Gasteiger partial charge on any atom is 0.123 e. The van der Waals surface area contributed by atoms with Crippen LogP contribution in [0.4, 0.5) is 0 Å². The zero-order chi connectivity index (χ0) is 10.8. The summed E-state index contributed by atoms with van der Waals surface area (Å²) in [6.07, 6.45) is 1.76. The van der Waals surface area contributed by atoms with E-state index in [-0.39, 0.29) is 6.04 Å². The van der Waals surface area contributed by atoms with Gasteiger partial charge in [-0.3, -0.25) is 4.98 Å². The highest BCUT2D eigenvalue weighted by Gasteiger charge is 2.11. The Morgan fingerprint density at radius 3 is 2.73 bits per heavy atom. The fourth-order valence-corrected chi connectivity index (χ4v) is 1.45. The maximum atomic E-state index is 5.76. The van der Waals surface area contributed by atoms with Crippen molar-refractivity contribution in [2.75, 3.05) is 0 Å². The average Bonchev–Trinajstić information content (AvgIpc) is 2.62. The molecule has 0 radical (unpaired) electrons. The van der Waals surface area contributed by atoms with Gasteiger partial charge in [-0.05, 0) is 26.0 Å². The van der Waals surface area contributed by atoms with Gasteiger partial charge in [0.1, 0.15) is 11.5 Å². The zero-order valence-electron chi connectivity index (χ0n) is 8.86. The minimum absolute atomic E-state index is 0.0823. The Morgan fingerprint density at radius 1 is 1.40 bits per heavy atom. The summed E-state index contributed by atoms with van der Waals surface area (Å²) in [6, 6.07) is 5.69. The maximum absolute atomic E-state index is 5.76. The van der Waals surface area contributed by atoms with Crippen LogP contribution in [0.1, 0.15) is 24.5 Å². The molecule has 1 atom stereocenters. The fraction of sp³-hybridized carbons (Fsp3) is 0.273. The lowest BCUT2D eigenvalue weighted by Crippen LogP contribution is -2.06. The molecule has 2 heterocycles. The van der Waals surface area contributed by atoms with Crippen LogP contribution in [-0.4, -0.2) is 15.0 Å². The minimum atomic E-state index is -0.0823. The molecule has 2 rings (SSSR count). The second-order valence-electron chi connectivity index (χ2n) is 3.60. The second kappa shape index (κ2) is 3.82. The van der Waals surface area contributed by atoms with Crippen molar-refractivity contribution in [3.63, 3.8) is 0 Å². The van der Waals surface area contributed by atoms with E-state index in [1.807, 2.05) is 32.0 Å². The predicted octanol–water partition coefficient (Wildman–Crippen LogP) is 1.80. The Morgan fingerprint density at radius 2 is 2.20 bits per heavy atom. The number of H-pyrrole nitrogens is 1. The largest absolute Gasteiger partial charge is 0.344 e. The average molecular weight is 202 g/mol. The quantitative estimate of drug-likeness (QED) is 0.780. The molecule has 0 spiro atoms. The van der Waals surface area contributed by atoms with E-state index >= 15 is 0 Å². The third-order valence-electron chi connectivity index (χ3n) is 2.24. The number of pyridine rings is 1. The lowest BCUT2D eigenvalue weighted by Gasteiger charge is -1.97. The molecule has 4 nitrogen and oxygen atoms in total. The van der Waals surface area contributed by atoms with Crippen molar-refractivity contribution in [1.82, 2.24) is 15.0 Å². The topological polar surface area (TPSA) is 67.6 Å². The lowest BCUT2D eigenvalue weighted by atomic mass is 10.2. The molecule has 78 valence electrons. The molecule has 0 amide bonds. The van der Waals surface area contributed by atoms with Gasteiger partial charge in [0.2, 0.25) is 0 Å². The first-order valence-corrected chi connectivity index (χ1v) is 4.92. The summed E-state index contributed by atoms with van der Waals surface area (Å²) in [5.41, 5.74) is 8.51. The number of rotatable bonds is 2. The number of hydrogen-bond donors (Lipinski definition) is 2. The Bertz CT molecular complexity index is 445. The summed E-state index contributed by atoms with van der Waals surface area (Å²) in [4.78, 5) is 11.9. The van der Waals surface area contributed by atoms with Crippen LogP contribution < -0.4 is 5.73 Å². The number of aromatic nitrogens is 3. The SMILES string of the molecule is Cc1[nH]c(C(C)N)nc1-c1ccccn1. The van der Waals surface area contributed by atoms with E-state index < -0.39 is 0 Å². The van der Waals surface area contributed by atoms with Gasteiger partial charge >= 0.3 is 0 Å². The van der Waals surface area contributed by atoms with E-state index in [1.165, 1.54) is 0 Å². The van der Waals surface area contributed by atoms with Gasteiger partial charge in [0, 0.05) is 11.9 Å². The predicted molar refractivity (Wildman–Crippen MR) is 59.2 cm³/mol. The Balaban J connectivity index is 2.45. The number of nitrogens with two attached hydrogens (primary N) is 1. The first-order chi connectivity index (χ1) is 7.18. The zero-order valence-corrected chi connectivity index (χ0v) is 8.86. The van der Waals surface area contributed by atoms with E-state index in [9.17, 15) is 0 Å². The molecule has 4 heteroatoms. The van der Waals surface area contributed by atoms with Crippen molar-refractivity contribution in [2.24, 2.45) is 5.73 Å². The molecule has 3 N–H and O–H groups in total. The molecule has 15 heavy (non-hydrogen) atoms. The molecule has 2 aromatic heterocycles. The molecular formula is C11H14N4. The standard InChI is InChI=1S/C11H14N4/c1-7(12)11-14-8(2)10(15-11)9-5-3-4-6-13-9/h3-7H,12H2,1-2H3,(H,14,15). The van der Waals surface area contributed by atoms with Gasteiger partial charge < -0.3 is 10.7 Å². The van der Waals surface area contributed by atoms with Crippen molar-refractivity contribution in [3.05, 3.63) is 35.9 Å². The molecule has 0 aromatic carbocycles. The molecule has 0 bridgehead atoms. The Kier molecular flexibility index (Phi) is 2.51. The van der Waals surface area contributed by atoms with E-state index in [1.54, 1.807) is 6.20 Å². The third-order valence-corrected chi connectivity index (χ3v) is 2.24.